The first-order valence-electron chi connectivity index (χ1n) is 8.84. The lowest BCUT2D eigenvalue weighted by molar-refractivity contribution is -0.0681. The first kappa shape index (κ1) is 17.0. The molecular weight excluding hydrogens is 331 g/mol. The van der Waals surface area contributed by atoms with Crippen molar-refractivity contribution >= 4 is 10.8 Å². The van der Waals surface area contributed by atoms with Crippen LogP contribution >= 0.6 is 0 Å². The van der Waals surface area contributed by atoms with Crippen LogP contribution in [0, 0.1) is 5.82 Å². The zero-order valence-electron chi connectivity index (χ0n) is 14.5. The second-order valence-electron chi connectivity index (χ2n) is 6.79. The van der Waals surface area contributed by atoms with E-state index in [4.69, 9.17) is 9.47 Å². The van der Waals surface area contributed by atoms with Gasteiger partial charge in [0.2, 0.25) is 0 Å². The van der Waals surface area contributed by atoms with Gasteiger partial charge in [-0.3, -0.25) is 0 Å². The maximum atomic E-state index is 14.1. The van der Waals surface area contributed by atoms with Gasteiger partial charge in [-0.15, -0.1) is 0 Å². The largest absolute Gasteiger partial charge is 0.489 e. The Bertz CT molecular complexity index is 916. The van der Waals surface area contributed by atoms with Crippen LogP contribution in [0.3, 0.4) is 0 Å². The normalized spacial score (nSPS) is 16.5. The Morgan fingerprint density at radius 3 is 2.54 bits per heavy atom. The van der Waals surface area contributed by atoms with E-state index in [-0.39, 0.29) is 0 Å². The number of rotatable bonds is 4. The van der Waals surface area contributed by atoms with Crippen molar-refractivity contribution in [3.05, 3.63) is 77.6 Å². The van der Waals surface area contributed by atoms with Gasteiger partial charge in [0.25, 0.3) is 0 Å². The third kappa shape index (κ3) is 3.57. The average Bonchev–Trinajstić information content (AvgIpc) is 2.66. The molecule has 0 aromatic heterocycles. The predicted molar refractivity (Wildman–Crippen MR) is 98.6 cm³/mol. The Kier molecular flexibility index (Phi) is 4.62. The molecule has 1 N–H and O–H groups in total. The van der Waals surface area contributed by atoms with Crippen molar-refractivity contribution in [2.45, 2.75) is 25.0 Å². The van der Waals surface area contributed by atoms with Gasteiger partial charge in [0.1, 0.15) is 18.2 Å². The summed E-state index contributed by atoms with van der Waals surface area (Å²) in [6, 6.07) is 18.7. The van der Waals surface area contributed by atoms with Crippen LogP contribution in [0.15, 0.2) is 60.7 Å². The molecule has 3 aromatic carbocycles. The van der Waals surface area contributed by atoms with E-state index in [1.54, 1.807) is 6.07 Å². The van der Waals surface area contributed by atoms with Crippen molar-refractivity contribution in [1.29, 1.82) is 0 Å². The van der Waals surface area contributed by atoms with Gasteiger partial charge in [-0.2, -0.15) is 0 Å². The zero-order chi connectivity index (χ0) is 18.0. The molecule has 1 fully saturated rings. The van der Waals surface area contributed by atoms with Gasteiger partial charge in [0.05, 0.1) is 5.60 Å². The number of hydrogen-bond acceptors (Lipinski definition) is 3. The molecule has 0 atom stereocenters. The van der Waals surface area contributed by atoms with Crippen molar-refractivity contribution in [1.82, 2.24) is 0 Å². The fourth-order valence-electron chi connectivity index (χ4n) is 3.41. The first-order chi connectivity index (χ1) is 12.6. The molecule has 0 spiro atoms. The number of fused-ring (bicyclic) bond motifs is 1. The molecular formula is C22H21FO3. The lowest BCUT2D eigenvalue weighted by Gasteiger charge is -2.32. The van der Waals surface area contributed by atoms with E-state index < -0.39 is 11.4 Å². The summed E-state index contributed by atoms with van der Waals surface area (Å²) in [5.41, 5.74) is 0.509. The minimum absolute atomic E-state index is 0.343. The van der Waals surface area contributed by atoms with Gasteiger partial charge < -0.3 is 14.6 Å². The van der Waals surface area contributed by atoms with E-state index in [1.807, 2.05) is 18.2 Å². The van der Waals surface area contributed by atoms with Crippen molar-refractivity contribution in [2.75, 3.05) is 13.2 Å². The summed E-state index contributed by atoms with van der Waals surface area (Å²) < 4.78 is 25.2. The summed E-state index contributed by atoms with van der Waals surface area (Å²) >= 11 is 0. The highest BCUT2D eigenvalue weighted by atomic mass is 19.1. The molecule has 0 radical (unpaired) electrons. The average molecular weight is 352 g/mol. The molecule has 1 aliphatic heterocycles. The van der Waals surface area contributed by atoms with Crippen LogP contribution in [0.5, 0.6) is 5.75 Å². The number of halogens is 1. The standard InChI is InChI=1S/C22H21FO3/c23-20-12-19(22(24)7-9-25-10-8-22)13-21(14-20)26-15-16-5-6-17-3-1-2-4-18(17)11-16/h1-6,11-14,24H,7-10,15H2. The number of benzene rings is 3. The van der Waals surface area contributed by atoms with E-state index in [1.165, 1.54) is 17.5 Å². The number of ether oxygens (including phenoxy) is 2. The molecule has 0 unspecified atom stereocenters. The highest BCUT2D eigenvalue weighted by molar-refractivity contribution is 5.82. The molecule has 1 aliphatic rings. The molecule has 0 saturated carbocycles. The van der Waals surface area contributed by atoms with Crippen molar-refractivity contribution < 1.29 is 19.0 Å². The molecule has 134 valence electrons. The van der Waals surface area contributed by atoms with Gasteiger partial charge in [0, 0.05) is 32.1 Å². The van der Waals surface area contributed by atoms with E-state index in [2.05, 4.69) is 24.3 Å². The smallest absolute Gasteiger partial charge is 0.127 e. The summed E-state index contributed by atoms with van der Waals surface area (Å²) in [7, 11) is 0. The van der Waals surface area contributed by atoms with E-state index in [0.29, 0.717) is 44.0 Å². The molecule has 0 amide bonds. The molecule has 26 heavy (non-hydrogen) atoms. The second kappa shape index (κ2) is 7.06. The highest BCUT2D eigenvalue weighted by Gasteiger charge is 2.32. The molecule has 0 aliphatic carbocycles. The number of aliphatic hydroxyl groups is 1. The van der Waals surface area contributed by atoms with Gasteiger partial charge in [0.15, 0.2) is 0 Å². The molecule has 1 saturated heterocycles. The van der Waals surface area contributed by atoms with Crippen molar-refractivity contribution in [3.8, 4) is 5.75 Å². The second-order valence-corrected chi connectivity index (χ2v) is 6.79. The van der Waals surface area contributed by atoms with Crippen molar-refractivity contribution in [2.24, 2.45) is 0 Å². The Hall–Kier alpha value is -2.43. The third-order valence-corrected chi connectivity index (χ3v) is 4.95. The minimum atomic E-state index is -1.05. The summed E-state index contributed by atoms with van der Waals surface area (Å²) in [5, 5.41) is 13.1. The SMILES string of the molecule is OC1(c2cc(F)cc(OCc3ccc4ccccc4c3)c2)CCOCC1. The van der Waals surface area contributed by atoms with Crippen LogP contribution < -0.4 is 4.74 Å². The molecule has 4 rings (SSSR count). The first-order valence-corrected chi connectivity index (χ1v) is 8.84. The predicted octanol–water partition coefficient (Wildman–Crippen LogP) is 4.56. The Morgan fingerprint density at radius 2 is 1.73 bits per heavy atom. The fourth-order valence-corrected chi connectivity index (χ4v) is 3.41. The summed E-state index contributed by atoms with van der Waals surface area (Å²) in [6.45, 7) is 1.29. The minimum Gasteiger partial charge on any atom is -0.489 e. The van der Waals surface area contributed by atoms with Crippen molar-refractivity contribution in [3.63, 3.8) is 0 Å². The summed E-state index contributed by atoms with van der Waals surface area (Å²) in [4.78, 5) is 0. The van der Waals surface area contributed by atoms with Crippen LogP contribution in [0.1, 0.15) is 24.0 Å². The quantitative estimate of drug-likeness (QED) is 0.748. The number of hydrogen-bond donors (Lipinski definition) is 1. The Labute approximate surface area is 152 Å². The van der Waals surface area contributed by atoms with Crippen LogP contribution in [0.25, 0.3) is 10.8 Å². The Morgan fingerprint density at radius 1 is 0.962 bits per heavy atom. The van der Waals surface area contributed by atoms with Gasteiger partial charge in [-0.1, -0.05) is 36.4 Å². The molecule has 3 nitrogen and oxygen atoms in total. The summed E-state index contributed by atoms with van der Waals surface area (Å²) in [5.74, 6) is 0.0176. The summed E-state index contributed by atoms with van der Waals surface area (Å²) in [6.07, 6.45) is 0.918. The van der Waals surface area contributed by atoms with Crippen LogP contribution in [-0.2, 0) is 16.9 Å². The Balaban J connectivity index is 1.54. The van der Waals surface area contributed by atoms with E-state index in [9.17, 15) is 9.50 Å². The van der Waals surface area contributed by atoms with Gasteiger partial charge in [-0.05, 0) is 40.1 Å². The maximum absolute atomic E-state index is 14.1. The molecule has 4 heteroatoms. The zero-order valence-corrected chi connectivity index (χ0v) is 14.5. The van der Waals surface area contributed by atoms with E-state index >= 15 is 0 Å². The lowest BCUT2D eigenvalue weighted by atomic mass is 9.86. The maximum Gasteiger partial charge on any atom is 0.127 e. The van der Waals surface area contributed by atoms with Crippen LogP contribution in [-0.4, -0.2) is 18.3 Å². The fraction of sp³-hybridized carbons (Fsp3) is 0.273. The van der Waals surface area contributed by atoms with Gasteiger partial charge >= 0.3 is 0 Å². The molecule has 1 heterocycles. The lowest BCUT2D eigenvalue weighted by Crippen LogP contribution is -2.33. The molecule has 3 aromatic rings. The third-order valence-electron chi connectivity index (χ3n) is 4.95. The highest BCUT2D eigenvalue weighted by Crippen LogP contribution is 2.34. The van der Waals surface area contributed by atoms with E-state index in [0.717, 1.165) is 10.9 Å². The van der Waals surface area contributed by atoms with Gasteiger partial charge in [-0.25, -0.2) is 4.39 Å². The molecule has 0 bridgehead atoms. The van der Waals surface area contributed by atoms with Crippen LogP contribution in [0.4, 0.5) is 4.39 Å². The monoisotopic (exact) mass is 352 g/mol. The topological polar surface area (TPSA) is 38.7 Å². The van der Waals surface area contributed by atoms with Crippen LogP contribution in [0.2, 0.25) is 0 Å².